The molecule has 0 aromatic heterocycles. The van der Waals surface area contributed by atoms with Crippen LogP contribution in [-0.2, 0) is 0 Å². The molecule has 0 aliphatic rings. The number of nitrogens with one attached hydrogen (secondary N) is 1. The molecule has 1 N–H and O–H groups in total. The van der Waals surface area contributed by atoms with Crippen molar-refractivity contribution in [2.24, 2.45) is 0 Å². The van der Waals surface area contributed by atoms with Crippen LogP contribution >= 0.6 is 0 Å². The number of hydrogen-bond donors (Lipinski definition) is 1. The molecule has 1 nitrogen and oxygen atoms in total. The van der Waals surface area contributed by atoms with Gasteiger partial charge in [-0.1, -0.05) is 0 Å². The van der Waals surface area contributed by atoms with E-state index in [1.807, 2.05) is 0 Å². The van der Waals surface area contributed by atoms with E-state index in [9.17, 15) is 8.78 Å². The molecule has 0 saturated carbocycles. The molecule has 0 rings (SSSR count). The van der Waals surface area contributed by atoms with Gasteiger partial charge in [0.1, 0.15) is 0 Å². The Labute approximate surface area is 54.4 Å². The Bertz CT molecular complexity index is 67.9. The minimum absolute atomic E-state index is 0.0200. The Hall–Kier alpha value is -0.180. The van der Waals surface area contributed by atoms with Gasteiger partial charge in [-0.2, -0.15) is 0 Å². The second kappa shape index (κ2) is 3.77. The van der Waals surface area contributed by atoms with Crippen LogP contribution < -0.4 is 5.32 Å². The van der Waals surface area contributed by atoms with Crippen LogP contribution in [0.25, 0.3) is 0 Å². The predicted octanol–water partition coefficient (Wildman–Crippen LogP) is 1.64. The van der Waals surface area contributed by atoms with Gasteiger partial charge in [0.05, 0.1) is 0 Å². The Balaban J connectivity index is 3.07. The molecule has 0 unspecified atom stereocenters. The average molecular weight is 137 g/mol. The third-order valence-electron chi connectivity index (χ3n) is 1.04. The first-order valence-corrected chi connectivity index (χ1v) is 3.09. The zero-order valence-corrected chi connectivity index (χ0v) is 5.88. The van der Waals surface area contributed by atoms with E-state index in [4.69, 9.17) is 0 Å². The monoisotopic (exact) mass is 137 g/mol. The molecular formula is C6H13F2N. The standard InChI is InChI=1S/C6H13F2N/c1-6(7,8)4-3-5-9-2/h9H,3-5H2,1-2H3. The van der Waals surface area contributed by atoms with Crippen LogP contribution in [0.15, 0.2) is 0 Å². The SMILES string of the molecule is CNCCCC(C)(F)F. The summed E-state index contributed by atoms with van der Waals surface area (Å²) in [5.74, 6) is -2.49. The summed E-state index contributed by atoms with van der Waals surface area (Å²) in [5.41, 5.74) is 0. The summed E-state index contributed by atoms with van der Waals surface area (Å²) in [5, 5.41) is 2.81. The first-order chi connectivity index (χ1) is 4.06. The zero-order chi connectivity index (χ0) is 7.33. The van der Waals surface area contributed by atoms with E-state index in [0.29, 0.717) is 13.0 Å². The highest BCUT2D eigenvalue weighted by atomic mass is 19.3. The summed E-state index contributed by atoms with van der Waals surface area (Å²) in [6, 6.07) is 0. The largest absolute Gasteiger partial charge is 0.320 e. The van der Waals surface area contributed by atoms with Gasteiger partial charge in [0.25, 0.3) is 0 Å². The van der Waals surface area contributed by atoms with Gasteiger partial charge in [-0.25, -0.2) is 8.78 Å². The van der Waals surface area contributed by atoms with Gasteiger partial charge < -0.3 is 5.32 Å². The van der Waals surface area contributed by atoms with Gasteiger partial charge in [-0.3, -0.25) is 0 Å². The van der Waals surface area contributed by atoms with Crippen molar-refractivity contribution in [2.45, 2.75) is 25.7 Å². The molecule has 9 heavy (non-hydrogen) atoms. The van der Waals surface area contributed by atoms with E-state index in [1.165, 1.54) is 0 Å². The van der Waals surface area contributed by atoms with Crippen molar-refractivity contribution in [3.8, 4) is 0 Å². The topological polar surface area (TPSA) is 12.0 Å². The van der Waals surface area contributed by atoms with E-state index < -0.39 is 5.92 Å². The molecule has 0 bridgehead atoms. The molecule has 0 saturated heterocycles. The minimum Gasteiger partial charge on any atom is -0.320 e. The number of hydrogen-bond acceptors (Lipinski definition) is 1. The van der Waals surface area contributed by atoms with Gasteiger partial charge in [0, 0.05) is 6.42 Å². The second-order valence-corrected chi connectivity index (χ2v) is 2.28. The lowest BCUT2D eigenvalue weighted by atomic mass is 10.2. The number of halogens is 2. The van der Waals surface area contributed by atoms with Crippen molar-refractivity contribution in [3.05, 3.63) is 0 Å². The third-order valence-corrected chi connectivity index (χ3v) is 1.04. The van der Waals surface area contributed by atoms with Gasteiger partial charge in [-0.05, 0) is 26.9 Å². The summed E-state index contributed by atoms with van der Waals surface area (Å²) < 4.78 is 24.0. The molecule has 0 heterocycles. The van der Waals surface area contributed by atoms with Crippen molar-refractivity contribution >= 4 is 0 Å². The third kappa shape index (κ3) is 7.82. The molecule has 0 radical (unpaired) electrons. The fraction of sp³-hybridized carbons (Fsp3) is 1.00. The highest BCUT2D eigenvalue weighted by Gasteiger charge is 2.19. The quantitative estimate of drug-likeness (QED) is 0.581. The zero-order valence-electron chi connectivity index (χ0n) is 5.88. The van der Waals surface area contributed by atoms with E-state index in [0.717, 1.165) is 6.92 Å². The molecule has 3 heteroatoms. The highest BCUT2D eigenvalue weighted by Crippen LogP contribution is 2.17. The van der Waals surface area contributed by atoms with Crippen molar-refractivity contribution in [2.75, 3.05) is 13.6 Å². The molecule has 0 aromatic carbocycles. The van der Waals surface area contributed by atoms with E-state index in [1.54, 1.807) is 7.05 Å². The molecular weight excluding hydrogens is 124 g/mol. The van der Waals surface area contributed by atoms with E-state index in [-0.39, 0.29) is 6.42 Å². The van der Waals surface area contributed by atoms with Crippen LogP contribution in [0.5, 0.6) is 0 Å². The van der Waals surface area contributed by atoms with Crippen molar-refractivity contribution < 1.29 is 8.78 Å². The Morgan fingerprint density at radius 1 is 1.44 bits per heavy atom. The lowest BCUT2D eigenvalue weighted by Crippen LogP contribution is -2.14. The molecule has 0 aromatic rings. The van der Waals surface area contributed by atoms with Crippen molar-refractivity contribution in [3.63, 3.8) is 0 Å². The molecule has 0 aliphatic heterocycles. The van der Waals surface area contributed by atoms with E-state index >= 15 is 0 Å². The second-order valence-electron chi connectivity index (χ2n) is 2.28. The summed E-state index contributed by atoms with van der Waals surface area (Å²) in [4.78, 5) is 0. The molecule has 56 valence electrons. The summed E-state index contributed by atoms with van der Waals surface area (Å²) in [6.07, 6.45) is 0.522. The normalized spacial score (nSPS) is 12.0. The Kier molecular flexibility index (Phi) is 3.70. The van der Waals surface area contributed by atoms with Gasteiger partial charge >= 0.3 is 0 Å². The van der Waals surface area contributed by atoms with Gasteiger partial charge in [-0.15, -0.1) is 0 Å². The highest BCUT2D eigenvalue weighted by molar-refractivity contribution is 4.57. The first kappa shape index (κ1) is 8.82. The molecule has 0 aliphatic carbocycles. The van der Waals surface area contributed by atoms with Crippen molar-refractivity contribution in [1.29, 1.82) is 0 Å². The van der Waals surface area contributed by atoms with Gasteiger partial charge in [0.2, 0.25) is 5.92 Å². The lowest BCUT2D eigenvalue weighted by Gasteiger charge is -2.08. The Morgan fingerprint density at radius 2 is 2.00 bits per heavy atom. The number of alkyl halides is 2. The van der Waals surface area contributed by atoms with Crippen LogP contribution in [0, 0.1) is 0 Å². The summed E-state index contributed by atoms with van der Waals surface area (Å²) in [6.45, 7) is 1.62. The lowest BCUT2D eigenvalue weighted by molar-refractivity contribution is 0.0112. The number of rotatable bonds is 4. The van der Waals surface area contributed by atoms with Crippen LogP contribution in [0.2, 0.25) is 0 Å². The molecule has 0 fully saturated rings. The smallest absolute Gasteiger partial charge is 0.245 e. The van der Waals surface area contributed by atoms with Crippen LogP contribution in [0.3, 0.4) is 0 Å². The fourth-order valence-corrected chi connectivity index (χ4v) is 0.576. The maximum atomic E-state index is 12.0. The maximum absolute atomic E-state index is 12.0. The fourth-order valence-electron chi connectivity index (χ4n) is 0.576. The Morgan fingerprint density at radius 3 is 2.33 bits per heavy atom. The van der Waals surface area contributed by atoms with E-state index in [2.05, 4.69) is 5.32 Å². The minimum atomic E-state index is -2.49. The first-order valence-electron chi connectivity index (χ1n) is 3.09. The van der Waals surface area contributed by atoms with Crippen LogP contribution in [-0.4, -0.2) is 19.5 Å². The maximum Gasteiger partial charge on any atom is 0.245 e. The molecule has 0 amide bonds. The molecule has 0 spiro atoms. The van der Waals surface area contributed by atoms with Gasteiger partial charge in [0.15, 0.2) is 0 Å². The summed E-state index contributed by atoms with van der Waals surface area (Å²) >= 11 is 0. The van der Waals surface area contributed by atoms with Crippen LogP contribution in [0.1, 0.15) is 19.8 Å². The van der Waals surface area contributed by atoms with Crippen molar-refractivity contribution in [1.82, 2.24) is 5.32 Å². The van der Waals surface area contributed by atoms with Crippen LogP contribution in [0.4, 0.5) is 8.78 Å². The average Bonchev–Trinajstić information content (AvgIpc) is 1.63. The molecule has 0 atom stereocenters. The predicted molar refractivity (Wildman–Crippen MR) is 33.8 cm³/mol. The summed E-state index contributed by atoms with van der Waals surface area (Å²) in [7, 11) is 1.76.